The van der Waals surface area contributed by atoms with E-state index in [9.17, 15) is 14.3 Å². The zero-order valence-corrected chi connectivity index (χ0v) is 13.8. The lowest BCUT2D eigenvalue weighted by Gasteiger charge is -2.29. The van der Waals surface area contributed by atoms with Crippen LogP contribution in [0.2, 0.25) is 0 Å². The van der Waals surface area contributed by atoms with Crippen LogP contribution < -0.4 is 5.43 Å². The van der Waals surface area contributed by atoms with Crippen LogP contribution in [0.5, 0.6) is 0 Å². The molecule has 0 fully saturated rings. The van der Waals surface area contributed by atoms with Crippen LogP contribution in [-0.4, -0.2) is 16.8 Å². The lowest BCUT2D eigenvalue weighted by Crippen LogP contribution is -2.27. The average molecular weight is 330 g/mol. The van der Waals surface area contributed by atoms with E-state index < -0.39 is 5.97 Å². The van der Waals surface area contributed by atoms with E-state index in [1.807, 2.05) is 0 Å². The summed E-state index contributed by atoms with van der Waals surface area (Å²) in [4.78, 5) is 11.3. The number of carboxylic acid groups (broad SMARTS) is 1. The van der Waals surface area contributed by atoms with Crippen molar-refractivity contribution in [1.82, 2.24) is 0 Å². The van der Waals surface area contributed by atoms with Crippen LogP contribution in [0, 0.1) is 18.2 Å². The van der Waals surface area contributed by atoms with Crippen LogP contribution in [0.1, 0.15) is 47.7 Å². The Morgan fingerprint density at radius 3 is 2.58 bits per heavy atom. The van der Waals surface area contributed by atoms with Gasteiger partial charge in [-0.15, -0.1) is 0 Å². The normalized spacial score (nSPS) is 17.6. The molecule has 1 heterocycles. The number of benzene rings is 1. The number of carbonyl (C=O) groups is 1. The van der Waals surface area contributed by atoms with Gasteiger partial charge in [0.25, 0.3) is 0 Å². The van der Waals surface area contributed by atoms with Gasteiger partial charge in [-0.3, -0.25) is 5.43 Å². The van der Waals surface area contributed by atoms with Gasteiger partial charge >= 0.3 is 5.97 Å². The van der Waals surface area contributed by atoms with Gasteiger partial charge in [-0.05, 0) is 43.0 Å². The number of carboxylic acids is 1. The molecular weight excluding hydrogens is 311 g/mol. The number of nitrogens with one attached hydrogen (secondary N) is 1. The Hall–Kier alpha value is -2.63. The maximum atomic E-state index is 13.0. The topological polar surface area (TPSA) is 74.8 Å². The van der Waals surface area contributed by atoms with Crippen molar-refractivity contribution in [3.05, 3.63) is 52.7 Å². The predicted octanol–water partition coefficient (Wildman–Crippen LogP) is 4.21. The zero-order valence-electron chi connectivity index (χ0n) is 13.8. The van der Waals surface area contributed by atoms with Crippen molar-refractivity contribution in [3.63, 3.8) is 0 Å². The first-order chi connectivity index (χ1) is 11.3. The highest BCUT2D eigenvalue weighted by Crippen LogP contribution is 2.38. The van der Waals surface area contributed by atoms with Gasteiger partial charge in [0.2, 0.25) is 5.76 Å². The van der Waals surface area contributed by atoms with Gasteiger partial charge in [0.05, 0.1) is 11.4 Å². The summed E-state index contributed by atoms with van der Waals surface area (Å²) in [7, 11) is 0. The minimum atomic E-state index is -1.08. The number of hydrogen-bond donors (Lipinski definition) is 2. The van der Waals surface area contributed by atoms with Crippen LogP contribution in [0.3, 0.4) is 0 Å². The van der Waals surface area contributed by atoms with E-state index in [0.717, 1.165) is 11.3 Å². The minimum absolute atomic E-state index is 0.0350. The molecule has 0 saturated carbocycles. The summed E-state index contributed by atoms with van der Waals surface area (Å²) in [6, 6.07) is 5.90. The molecule has 0 unspecified atom stereocenters. The van der Waals surface area contributed by atoms with Crippen molar-refractivity contribution in [1.29, 1.82) is 0 Å². The van der Waals surface area contributed by atoms with Crippen molar-refractivity contribution < 1.29 is 18.7 Å². The van der Waals surface area contributed by atoms with Crippen molar-refractivity contribution in [2.75, 3.05) is 5.43 Å². The zero-order chi connectivity index (χ0) is 17.5. The Morgan fingerprint density at radius 1 is 1.29 bits per heavy atom. The first-order valence-corrected chi connectivity index (χ1v) is 7.71. The fourth-order valence-electron chi connectivity index (χ4n) is 3.07. The van der Waals surface area contributed by atoms with Crippen LogP contribution in [0.15, 0.2) is 33.8 Å². The Morgan fingerprint density at radius 2 is 1.96 bits per heavy atom. The molecule has 0 bridgehead atoms. The molecule has 5 nitrogen and oxygen atoms in total. The Kier molecular flexibility index (Phi) is 3.91. The van der Waals surface area contributed by atoms with Crippen LogP contribution in [-0.2, 0) is 6.42 Å². The van der Waals surface area contributed by atoms with E-state index >= 15 is 0 Å². The Balaban J connectivity index is 2.00. The number of furan rings is 1. The number of rotatable bonds is 3. The third-order valence-corrected chi connectivity index (χ3v) is 4.15. The number of halogens is 1. The van der Waals surface area contributed by atoms with Gasteiger partial charge in [0, 0.05) is 17.5 Å². The molecule has 6 heteroatoms. The van der Waals surface area contributed by atoms with Gasteiger partial charge in [0.1, 0.15) is 11.6 Å². The fraction of sp³-hybridized carbons (Fsp3) is 0.333. The van der Waals surface area contributed by atoms with Crippen LogP contribution in [0.25, 0.3) is 0 Å². The average Bonchev–Trinajstić information content (AvgIpc) is 2.82. The molecule has 0 amide bonds. The van der Waals surface area contributed by atoms with E-state index in [-0.39, 0.29) is 17.0 Å². The molecular formula is C18H19FN2O3. The summed E-state index contributed by atoms with van der Waals surface area (Å²) >= 11 is 0. The largest absolute Gasteiger partial charge is 0.475 e. The number of hydrogen-bond acceptors (Lipinski definition) is 4. The summed E-state index contributed by atoms with van der Waals surface area (Å²) in [6.07, 6.45) is 1.35. The number of fused-ring (bicyclic) bond motifs is 1. The maximum absolute atomic E-state index is 13.0. The smallest absolute Gasteiger partial charge is 0.372 e. The van der Waals surface area contributed by atoms with Crippen molar-refractivity contribution >= 4 is 17.4 Å². The molecule has 1 aromatic carbocycles. The molecule has 126 valence electrons. The van der Waals surface area contributed by atoms with E-state index in [4.69, 9.17) is 4.42 Å². The standard InChI is InChI=1S/C18H19FN2O3/c1-10-15-13(21-20-12-6-4-11(19)5-7-12)8-18(2,3)9-14(15)24-16(10)17(22)23/h4-7,20H,8-9H2,1-3H3,(H,22,23)/b21-13-. The number of anilines is 1. The lowest BCUT2D eigenvalue weighted by atomic mass is 9.75. The predicted molar refractivity (Wildman–Crippen MR) is 89.1 cm³/mol. The quantitative estimate of drug-likeness (QED) is 0.827. The van der Waals surface area contributed by atoms with E-state index in [1.54, 1.807) is 19.1 Å². The molecule has 0 saturated heterocycles. The number of nitrogens with zero attached hydrogens (tertiary/aromatic N) is 1. The minimum Gasteiger partial charge on any atom is -0.475 e. The molecule has 2 N–H and O–H groups in total. The molecule has 3 rings (SSSR count). The fourth-order valence-corrected chi connectivity index (χ4v) is 3.07. The maximum Gasteiger partial charge on any atom is 0.372 e. The van der Waals surface area contributed by atoms with Crippen LogP contribution >= 0.6 is 0 Å². The Bertz CT molecular complexity index is 820. The van der Waals surface area contributed by atoms with Gasteiger partial charge in [0.15, 0.2) is 0 Å². The SMILES string of the molecule is Cc1c(C(=O)O)oc2c1/C(=N\Nc1ccc(F)cc1)CC(C)(C)C2. The van der Waals surface area contributed by atoms with Gasteiger partial charge < -0.3 is 9.52 Å². The summed E-state index contributed by atoms with van der Waals surface area (Å²) in [6.45, 7) is 5.90. The van der Waals surface area contributed by atoms with Gasteiger partial charge in [-0.2, -0.15) is 5.10 Å². The summed E-state index contributed by atoms with van der Waals surface area (Å²) in [5.41, 5.74) is 5.60. The first-order valence-electron chi connectivity index (χ1n) is 7.71. The molecule has 2 aromatic rings. The molecule has 0 spiro atoms. The highest BCUT2D eigenvalue weighted by Gasteiger charge is 2.36. The second kappa shape index (κ2) is 5.78. The lowest BCUT2D eigenvalue weighted by molar-refractivity contribution is 0.0658. The van der Waals surface area contributed by atoms with Gasteiger partial charge in [-0.1, -0.05) is 13.8 Å². The summed E-state index contributed by atoms with van der Waals surface area (Å²) in [5.74, 6) is -0.774. The van der Waals surface area contributed by atoms with Crippen molar-refractivity contribution in [2.45, 2.75) is 33.6 Å². The number of hydrazone groups is 1. The Labute approximate surface area is 139 Å². The third-order valence-electron chi connectivity index (χ3n) is 4.15. The number of aromatic carboxylic acids is 1. The monoisotopic (exact) mass is 330 g/mol. The highest BCUT2D eigenvalue weighted by atomic mass is 19.1. The molecule has 0 radical (unpaired) electrons. The second-order valence-electron chi connectivity index (χ2n) is 6.85. The molecule has 0 atom stereocenters. The molecule has 24 heavy (non-hydrogen) atoms. The van der Waals surface area contributed by atoms with E-state index in [0.29, 0.717) is 29.9 Å². The molecule has 1 aliphatic carbocycles. The molecule has 1 aromatic heterocycles. The highest BCUT2D eigenvalue weighted by molar-refractivity contribution is 6.06. The van der Waals surface area contributed by atoms with Crippen LogP contribution in [0.4, 0.5) is 10.1 Å². The second-order valence-corrected chi connectivity index (χ2v) is 6.85. The third kappa shape index (κ3) is 3.04. The van der Waals surface area contributed by atoms with Crippen molar-refractivity contribution in [2.24, 2.45) is 10.5 Å². The van der Waals surface area contributed by atoms with E-state index in [1.165, 1.54) is 12.1 Å². The first kappa shape index (κ1) is 16.2. The molecule has 0 aliphatic heterocycles. The van der Waals surface area contributed by atoms with E-state index in [2.05, 4.69) is 24.4 Å². The summed E-state index contributed by atoms with van der Waals surface area (Å²) in [5, 5.41) is 13.7. The van der Waals surface area contributed by atoms with Gasteiger partial charge in [-0.25, -0.2) is 9.18 Å². The van der Waals surface area contributed by atoms with Crippen molar-refractivity contribution in [3.8, 4) is 0 Å². The molecule has 1 aliphatic rings. The summed E-state index contributed by atoms with van der Waals surface area (Å²) < 4.78 is 18.6.